The number of carbonyl (C=O) groups excluding carboxylic acids is 3. The highest BCUT2D eigenvalue weighted by Crippen LogP contribution is 2.70. The lowest BCUT2D eigenvalue weighted by atomic mass is 9.46. The molecule has 29 heavy (non-hydrogen) atoms. The van der Waals surface area contributed by atoms with Crippen molar-refractivity contribution in [2.45, 2.75) is 89.4 Å². The summed E-state index contributed by atoms with van der Waals surface area (Å²) in [5.41, 5.74) is 1.09. The molecule has 158 valence electrons. The molecule has 1 spiro atoms. The van der Waals surface area contributed by atoms with Crippen molar-refractivity contribution in [3.05, 3.63) is 11.6 Å². The number of rotatable bonds is 1. The van der Waals surface area contributed by atoms with Gasteiger partial charge in [0.2, 0.25) is 0 Å². The third-order valence-corrected chi connectivity index (χ3v) is 10.7. The maximum absolute atomic E-state index is 12.2. The minimum atomic E-state index is -0.287. The number of carbonyl (C=O) groups is 3. The summed E-state index contributed by atoms with van der Waals surface area (Å²) in [6.07, 6.45) is 10.0. The molecule has 0 radical (unpaired) electrons. The zero-order valence-corrected chi connectivity index (χ0v) is 18.6. The Hall–Kier alpha value is -1.10. The molecule has 4 nitrogen and oxygen atoms in total. The molecule has 5 rings (SSSR count). The third-order valence-electron chi connectivity index (χ3n) is 9.61. The van der Waals surface area contributed by atoms with E-state index >= 15 is 0 Å². The second-order valence-electron chi connectivity index (χ2n) is 10.7. The molecular weight excluding hydrogens is 384 g/mol. The monoisotopic (exact) mass is 416 g/mol. The number of ether oxygens (including phenoxy) is 1. The first-order chi connectivity index (χ1) is 13.7. The van der Waals surface area contributed by atoms with Crippen LogP contribution < -0.4 is 0 Å². The molecule has 4 aliphatic carbocycles. The van der Waals surface area contributed by atoms with Crippen LogP contribution in [0.2, 0.25) is 0 Å². The number of fused-ring (bicyclic) bond motifs is 6. The standard InChI is InChI=1S/C24H32O4S/c1-14(25)29-19-13-15-12-16(26)4-8-22(15,2)17-5-9-23(3)18(21(17)19)6-10-24(23)11-7-20(27)28-24/h12,17-19,21H,4-11,13H2,1-3H3/t17-,18-,19-,21+,22-,23-,24+/m0/s1. The predicted octanol–water partition coefficient (Wildman–Crippen LogP) is 4.85. The SMILES string of the molecule is CC(=O)S[C@H]1CC2=CC(=O)CC[C@]2(C)[C@H]2CC[C@@]3(C)[C@@H](CC[C@@]34CCC(=O)O4)[C@H]12. The van der Waals surface area contributed by atoms with Crippen molar-refractivity contribution in [3.8, 4) is 0 Å². The van der Waals surface area contributed by atoms with Crippen LogP contribution in [0, 0.1) is 28.6 Å². The van der Waals surface area contributed by atoms with E-state index in [0.29, 0.717) is 30.6 Å². The van der Waals surface area contributed by atoms with E-state index in [0.717, 1.165) is 44.9 Å². The highest BCUT2D eigenvalue weighted by Gasteiger charge is 2.68. The van der Waals surface area contributed by atoms with Crippen LogP contribution >= 0.6 is 11.8 Å². The molecule has 7 atom stereocenters. The van der Waals surface area contributed by atoms with Crippen molar-refractivity contribution >= 4 is 28.6 Å². The zero-order valence-electron chi connectivity index (χ0n) is 17.8. The second kappa shape index (κ2) is 6.45. The van der Waals surface area contributed by atoms with Crippen LogP contribution in [0.15, 0.2) is 11.6 Å². The van der Waals surface area contributed by atoms with Gasteiger partial charge in [-0.3, -0.25) is 14.4 Å². The van der Waals surface area contributed by atoms with Gasteiger partial charge >= 0.3 is 5.97 Å². The Balaban J connectivity index is 1.56. The maximum Gasteiger partial charge on any atom is 0.306 e. The molecule has 0 aromatic heterocycles. The van der Waals surface area contributed by atoms with Gasteiger partial charge in [0, 0.05) is 30.4 Å². The van der Waals surface area contributed by atoms with E-state index in [2.05, 4.69) is 13.8 Å². The fraction of sp³-hybridized carbons (Fsp3) is 0.792. The van der Waals surface area contributed by atoms with Gasteiger partial charge in [-0.05, 0) is 74.2 Å². The first-order valence-corrected chi connectivity index (χ1v) is 12.2. The Kier molecular flexibility index (Phi) is 4.41. The normalized spacial score (nSPS) is 48.6. The molecule has 3 saturated carbocycles. The minimum absolute atomic E-state index is 0.0119. The summed E-state index contributed by atoms with van der Waals surface area (Å²) in [6.45, 7) is 6.42. The lowest BCUT2D eigenvalue weighted by Gasteiger charge is -2.61. The van der Waals surface area contributed by atoms with E-state index in [1.54, 1.807) is 6.92 Å². The topological polar surface area (TPSA) is 60.4 Å². The van der Waals surface area contributed by atoms with Crippen LogP contribution in [0.1, 0.15) is 78.6 Å². The van der Waals surface area contributed by atoms with Crippen molar-refractivity contribution in [1.29, 1.82) is 0 Å². The van der Waals surface area contributed by atoms with Crippen molar-refractivity contribution in [3.63, 3.8) is 0 Å². The van der Waals surface area contributed by atoms with Gasteiger partial charge in [-0.15, -0.1) is 0 Å². The summed E-state index contributed by atoms with van der Waals surface area (Å²) in [5.74, 6) is 1.67. The summed E-state index contributed by atoms with van der Waals surface area (Å²) in [6, 6.07) is 0. The van der Waals surface area contributed by atoms with Gasteiger partial charge in [0.05, 0.1) is 0 Å². The number of hydrogen-bond acceptors (Lipinski definition) is 5. The van der Waals surface area contributed by atoms with Gasteiger partial charge < -0.3 is 4.74 Å². The molecule has 5 aliphatic rings. The van der Waals surface area contributed by atoms with Gasteiger partial charge in [-0.1, -0.05) is 31.2 Å². The third kappa shape index (κ3) is 2.68. The molecule has 1 heterocycles. The number of hydrogen-bond donors (Lipinski definition) is 0. The van der Waals surface area contributed by atoms with Crippen molar-refractivity contribution in [2.24, 2.45) is 28.6 Å². The summed E-state index contributed by atoms with van der Waals surface area (Å²) in [5, 5.41) is 0.409. The average molecular weight is 417 g/mol. The molecule has 0 bridgehead atoms. The molecule has 4 fully saturated rings. The summed E-state index contributed by atoms with van der Waals surface area (Å²) in [4.78, 5) is 36.4. The van der Waals surface area contributed by atoms with Gasteiger partial charge in [0.1, 0.15) is 5.60 Å². The lowest BCUT2D eigenvalue weighted by Crippen LogP contribution is -2.57. The van der Waals surface area contributed by atoms with Crippen LogP contribution in [0.3, 0.4) is 0 Å². The lowest BCUT2D eigenvalue weighted by molar-refractivity contribution is -0.167. The van der Waals surface area contributed by atoms with E-state index in [1.165, 1.54) is 17.3 Å². The summed E-state index contributed by atoms with van der Waals surface area (Å²) in [7, 11) is 0. The fourth-order valence-electron chi connectivity index (χ4n) is 8.13. The van der Waals surface area contributed by atoms with E-state index in [1.807, 2.05) is 6.08 Å². The summed E-state index contributed by atoms with van der Waals surface area (Å²) < 4.78 is 6.06. The Labute approximate surface area is 177 Å². The van der Waals surface area contributed by atoms with Crippen molar-refractivity contribution in [2.75, 3.05) is 0 Å². The first kappa shape index (κ1) is 19.8. The Morgan fingerprint density at radius 1 is 1.07 bits per heavy atom. The molecule has 1 saturated heterocycles. The molecule has 0 aromatic rings. The fourth-order valence-corrected chi connectivity index (χ4v) is 9.36. The molecule has 5 heteroatoms. The maximum atomic E-state index is 12.2. The second-order valence-corrected chi connectivity index (χ2v) is 12.1. The van der Waals surface area contributed by atoms with Crippen LogP contribution in [0.4, 0.5) is 0 Å². The molecule has 0 amide bonds. The molecule has 1 aliphatic heterocycles. The Bertz CT molecular complexity index is 818. The first-order valence-electron chi connectivity index (χ1n) is 11.3. The Morgan fingerprint density at radius 2 is 1.83 bits per heavy atom. The molecule has 0 N–H and O–H groups in total. The van der Waals surface area contributed by atoms with E-state index < -0.39 is 0 Å². The quantitative estimate of drug-likeness (QED) is 0.572. The van der Waals surface area contributed by atoms with Crippen molar-refractivity contribution in [1.82, 2.24) is 0 Å². The average Bonchev–Trinajstić information content (AvgIpc) is 3.17. The van der Waals surface area contributed by atoms with Gasteiger partial charge in [-0.2, -0.15) is 0 Å². The van der Waals surface area contributed by atoms with Crippen molar-refractivity contribution < 1.29 is 19.1 Å². The molecule has 0 aromatic carbocycles. The van der Waals surface area contributed by atoms with E-state index in [9.17, 15) is 14.4 Å². The number of ketones is 1. The number of allylic oxidation sites excluding steroid dienone is 1. The largest absolute Gasteiger partial charge is 0.458 e. The number of thioether (sulfide) groups is 1. The highest BCUT2D eigenvalue weighted by molar-refractivity contribution is 8.14. The predicted molar refractivity (Wildman–Crippen MR) is 112 cm³/mol. The van der Waals surface area contributed by atoms with Crippen LogP contribution in [-0.2, 0) is 19.1 Å². The zero-order chi connectivity index (χ0) is 20.6. The summed E-state index contributed by atoms with van der Waals surface area (Å²) >= 11 is 1.50. The van der Waals surface area contributed by atoms with Crippen LogP contribution in [0.5, 0.6) is 0 Å². The molecular formula is C24H32O4S. The van der Waals surface area contributed by atoms with Crippen LogP contribution in [0.25, 0.3) is 0 Å². The highest BCUT2D eigenvalue weighted by atomic mass is 32.2. The minimum Gasteiger partial charge on any atom is -0.458 e. The number of esters is 1. The van der Waals surface area contributed by atoms with E-state index in [4.69, 9.17) is 4.74 Å². The molecule has 0 unspecified atom stereocenters. The van der Waals surface area contributed by atoms with E-state index in [-0.39, 0.29) is 38.5 Å². The van der Waals surface area contributed by atoms with Gasteiger partial charge in [0.25, 0.3) is 0 Å². The van der Waals surface area contributed by atoms with Crippen LogP contribution in [-0.4, -0.2) is 27.7 Å². The Morgan fingerprint density at radius 3 is 2.52 bits per heavy atom. The smallest absolute Gasteiger partial charge is 0.306 e. The van der Waals surface area contributed by atoms with Gasteiger partial charge in [0.15, 0.2) is 10.9 Å². The van der Waals surface area contributed by atoms with Gasteiger partial charge in [-0.25, -0.2) is 0 Å².